The van der Waals surface area contributed by atoms with E-state index in [1.54, 1.807) is 7.05 Å². The summed E-state index contributed by atoms with van der Waals surface area (Å²) in [7, 11) is 1.68. The minimum Gasteiger partial charge on any atom is -0.454 e. The number of guanidine groups is 1. The summed E-state index contributed by atoms with van der Waals surface area (Å²) in [6.45, 7) is 1.48. The first-order chi connectivity index (χ1) is 12.6. The molecule has 0 saturated carbocycles. The van der Waals surface area contributed by atoms with E-state index in [2.05, 4.69) is 15.6 Å². The largest absolute Gasteiger partial charge is 0.454 e. The molecule has 2 aromatic carbocycles. The lowest BCUT2D eigenvalue weighted by Gasteiger charge is -2.12. The molecule has 3 rings (SSSR count). The molecule has 1 aliphatic heterocycles. The molecule has 0 fully saturated rings. The van der Waals surface area contributed by atoms with E-state index >= 15 is 0 Å². The van der Waals surface area contributed by atoms with Crippen molar-refractivity contribution in [2.24, 2.45) is 4.99 Å². The Morgan fingerprint density at radius 3 is 2.22 bits per heavy atom. The molecule has 0 spiro atoms. The van der Waals surface area contributed by atoms with Gasteiger partial charge in [0.05, 0.1) is 0 Å². The zero-order valence-corrected chi connectivity index (χ0v) is 17.3. The lowest BCUT2D eigenvalue weighted by atomic mass is 10.1. The summed E-state index contributed by atoms with van der Waals surface area (Å²) in [6, 6.07) is 9.42. The fourth-order valence-electron chi connectivity index (χ4n) is 2.72. The lowest BCUT2D eigenvalue weighted by molar-refractivity contribution is 0.174. The van der Waals surface area contributed by atoms with Gasteiger partial charge in [-0.3, -0.25) is 4.99 Å². The summed E-state index contributed by atoms with van der Waals surface area (Å²) in [5.74, 6) is 1.06. The minimum absolute atomic E-state index is 0. The van der Waals surface area contributed by atoms with Gasteiger partial charge in [-0.25, -0.2) is 8.78 Å². The fourth-order valence-corrected chi connectivity index (χ4v) is 2.72. The first kappa shape index (κ1) is 21.2. The lowest BCUT2D eigenvalue weighted by Crippen LogP contribution is -2.39. The maximum absolute atomic E-state index is 13.2. The van der Waals surface area contributed by atoms with Crippen molar-refractivity contribution in [1.82, 2.24) is 10.6 Å². The molecule has 2 aromatic rings. The Hall–Kier alpha value is -2.10. The molecule has 0 aromatic heterocycles. The van der Waals surface area contributed by atoms with Crippen molar-refractivity contribution in [3.63, 3.8) is 0 Å². The van der Waals surface area contributed by atoms with Crippen molar-refractivity contribution in [3.05, 3.63) is 59.2 Å². The van der Waals surface area contributed by atoms with Crippen LogP contribution in [0.15, 0.2) is 41.4 Å². The van der Waals surface area contributed by atoms with Crippen LogP contribution < -0.4 is 20.1 Å². The maximum atomic E-state index is 13.2. The fraction of sp³-hybridized carbons (Fsp3) is 0.316. The van der Waals surface area contributed by atoms with Gasteiger partial charge in [0.15, 0.2) is 17.5 Å². The standard InChI is InChI=1S/C19H21F2N3O2.HI/c1-22-19(24-7-5-14-8-15(20)11-16(21)9-14)23-6-4-13-2-3-17-18(10-13)26-12-25-17;/h2-3,8-11H,4-7,12H2,1H3,(H2,22,23,24);1H. The predicted octanol–water partition coefficient (Wildman–Crippen LogP) is 3.26. The third-order valence-corrected chi connectivity index (χ3v) is 4.00. The van der Waals surface area contributed by atoms with Crippen LogP contribution in [0.1, 0.15) is 11.1 Å². The van der Waals surface area contributed by atoms with Crippen molar-refractivity contribution >= 4 is 29.9 Å². The Kier molecular flexibility index (Phi) is 8.08. The number of ether oxygens (including phenoxy) is 2. The summed E-state index contributed by atoms with van der Waals surface area (Å²) in [5.41, 5.74) is 1.73. The predicted molar refractivity (Wildman–Crippen MR) is 111 cm³/mol. The SMILES string of the molecule is CN=C(NCCc1cc(F)cc(F)c1)NCCc1ccc2c(c1)OCO2.I. The molecule has 0 bridgehead atoms. The molecule has 0 unspecified atom stereocenters. The van der Waals surface area contributed by atoms with Crippen molar-refractivity contribution < 1.29 is 18.3 Å². The second-order valence-electron chi connectivity index (χ2n) is 5.89. The second kappa shape index (κ2) is 10.3. The molecule has 1 heterocycles. The smallest absolute Gasteiger partial charge is 0.231 e. The molecule has 0 amide bonds. The Morgan fingerprint density at radius 2 is 1.56 bits per heavy atom. The number of hydrogen-bond acceptors (Lipinski definition) is 3. The molecule has 27 heavy (non-hydrogen) atoms. The van der Waals surface area contributed by atoms with Gasteiger partial charge in [0, 0.05) is 26.2 Å². The van der Waals surface area contributed by atoms with Crippen LogP contribution in [0.5, 0.6) is 11.5 Å². The first-order valence-electron chi connectivity index (χ1n) is 8.42. The number of fused-ring (bicyclic) bond motifs is 1. The van der Waals surface area contributed by atoms with E-state index in [0.29, 0.717) is 31.0 Å². The van der Waals surface area contributed by atoms with Gasteiger partial charge < -0.3 is 20.1 Å². The Morgan fingerprint density at radius 1 is 0.926 bits per heavy atom. The Balaban J connectivity index is 0.00000261. The molecule has 5 nitrogen and oxygen atoms in total. The normalized spacial score (nSPS) is 12.5. The van der Waals surface area contributed by atoms with Gasteiger partial charge in [-0.15, -0.1) is 24.0 Å². The highest BCUT2D eigenvalue weighted by molar-refractivity contribution is 14.0. The van der Waals surface area contributed by atoms with E-state index in [-0.39, 0.29) is 30.8 Å². The van der Waals surface area contributed by atoms with Crippen LogP contribution in [0.3, 0.4) is 0 Å². The molecule has 2 N–H and O–H groups in total. The van der Waals surface area contributed by atoms with E-state index in [1.807, 2.05) is 18.2 Å². The molecule has 0 saturated heterocycles. The van der Waals surface area contributed by atoms with Crippen LogP contribution in [0, 0.1) is 11.6 Å². The summed E-state index contributed by atoms with van der Waals surface area (Å²) in [5, 5.41) is 6.35. The summed E-state index contributed by atoms with van der Waals surface area (Å²) < 4.78 is 37.0. The zero-order chi connectivity index (χ0) is 18.4. The third kappa shape index (κ3) is 6.23. The zero-order valence-electron chi connectivity index (χ0n) is 14.9. The number of nitrogens with one attached hydrogen (secondary N) is 2. The highest BCUT2D eigenvalue weighted by atomic mass is 127. The van der Waals surface area contributed by atoms with Crippen LogP contribution in [-0.2, 0) is 12.8 Å². The number of hydrogen-bond donors (Lipinski definition) is 2. The van der Waals surface area contributed by atoms with Gasteiger partial charge >= 0.3 is 0 Å². The summed E-state index contributed by atoms with van der Waals surface area (Å²) in [6.07, 6.45) is 1.30. The molecular weight excluding hydrogens is 467 g/mol. The van der Waals surface area contributed by atoms with Crippen molar-refractivity contribution in [2.75, 3.05) is 26.9 Å². The average Bonchev–Trinajstić information content (AvgIpc) is 3.07. The van der Waals surface area contributed by atoms with E-state index < -0.39 is 11.6 Å². The number of rotatable bonds is 6. The third-order valence-electron chi connectivity index (χ3n) is 4.00. The molecule has 0 radical (unpaired) electrons. The number of nitrogens with zero attached hydrogens (tertiary/aromatic N) is 1. The van der Waals surface area contributed by atoms with Gasteiger partial charge in [-0.2, -0.15) is 0 Å². The van der Waals surface area contributed by atoms with Crippen LogP contribution in [0.2, 0.25) is 0 Å². The Labute approximate surface area is 174 Å². The van der Waals surface area contributed by atoms with E-state index in [0.717, 1.165) is 29.5 Å². The average molecular weight is 489 g/mol. The van der Waals surface area contributed by atoms with Crippen LogP contribution in [0.25, 0.3) is 0 Å². The number of benzene rings is 2. The summed E-state index contributed by atoms with van der Waals surface area (Å²) in [4.78, 5) is 4.14. The molecule has 146 valence electrons. The van der Waals surface area contributed by atoms with Gasteiger partial charge in [-0.1, -0.05) is 6.07 Å². The highest BCUT2D eigenvalue weighted by Gasteiger charge is 2.12. The molecule has 0 aliphatic carbocycles. The van der Waals surface area contributed by atoms with Crippen molar-refractivity contribution in [1.29, 1.82) is 0 Å². The quantitative estimate of drug-likeness (QED) is 0.372. The number of aliphatic imine (C=N–C) groups is 1. The van der Waals surface area contributed by atoms with Gasteiger partial charge in [0.25, 0.3) is 0 Å². The maximum Gasteiger partial charge on any atom is 0.231 e. The second-order valence-corrected chi connectivity index (χ2v) is 5.89. The Bertz CT molecular complexity index is 782. The van der Waals surface area contributed by atoms with Gasteiger partial charge in [-0.05, 0) is 48.2 Å². The van der Waals surface area contributed by atoms with Gasteiger partial charge in [0.1, 0.15) is 11.6 Å². The highest BCUT2D eigenvalue weighted by Crippen LogP contribution is 2.32. The van der Waals surface area contributed by atoms with Crippen LogP contribution in [0.4, 0.5) is 8.78 Å². The van der Waals surface area contributed by atoms with Crippen molar-refractivity contribution in [2.45, 2.75) is 12.8 Å². The van der Waals surface area contributed by atoms with Gasteiger partial charge in [0.2, 0.25) is 6.79 Å². The van der Waals surface area contributed by atoms with Crippen LogP contribution in [-0.4, -0.2) is 32.9 Å². The molecule has 1 aliphatic rings. The summed E-state index contributed by atoms with van der Waals surface area (Å²) >= 11 is 0. The van der Waals surface area contributed by atoms with Crippen molar-refractivity contribution in [3.8, 4) is 11.5 Å². The van der Waals surface area contributed by atoms with E-state index in [4.69, 9.17) is 9.47 Å². The number of halogens is 3. The topological polar surface area (TPSA) is 54.9 Å². The molecule has 8 heteroatoms. The molecule has 0 atom stereocenters. The van der Waals surface area contributed by atoms with E-state index in [9.17, 15) is 8.78 Å². The monoisotopic (exact) mass is 489 g/mol. The minimum atomic E-state index is -0.564. The first-order valence-corrected chi connectivity index (χ1v) is 8.42. The van der Waals surface area contributed by atoms with Crippen LogP contribution >= 0.6 is 24.0 Å². The van der Waals surface area contributed by atoms with E-state index in [1.165, 1.54) is 12.1 Å². The molecular formula is C19H22F2IN3O2.